The molecule has 120 valence electrons. The number of nitrogens with zero attached hydrogens (tertiary/aromatic N) is 1. The van der Waals surface area contributed by atoms with Crippen LogP contribution in [0.25, 0.3) is 0 Å². The molecular formula is C16H22N2O3S. The lowest BCUT2D eigenvalue weighted by atomic mass is 9.97. The second kappa shape index (κ2) is 7.54. The number of rotatable bonds is 5. The molecular weight excluding hydrogens is 300 g/mol. The molecule has 1 aliphatic rings. The van der Waals surface area contributed by atoms with E-state index in [4.69, 9.17) is 10.5 Å². The van der Waals surface area contributed by atoms with Crippen LogP contribution in [0.5, 0.6) is 5.75 Å². The zero-order valence-electron chi connectivity index (χ0n) is 13.0. The van der Waals surface area contributed by atoms with Gasteiger partial charge < -0.3 is 15.4 Å². The fraction of sp³-hybridized carbons (Fsp3) is 0.500. The molecule has 1 heterocycles. The first kappa shape index (κ1) is 16.7. The molecule has 0 spiro atoms. The molecule has 2 unspecified atom stereocenters. The summed E-state index contributed by atoms with van der Waals surface area (Å²) in [5.41, 5.74) is 5.36. The van der Waals surface area contributed by atoms with Crippen molar-refractivity contribution in [1.29, 1.82) is 0 Å². The number of amides is 2. The van der Waals surface area contributed by atoms with Gasteiger partial charge in [0.05, 0.1) is 18.3 Å². The quantitative estimate of drug-likeness (QED) is 0.840. The SMILES string of the molecule is COc1ccc(SC(C)C(=O)N2CCCC(C(N)=O)C2)cc1. The Morgan fingerprint density at radius 1 is 1.36 bits per heavy atom. The minimum atomic E-state index is -0.312. The Morgan fingerprint density at radius 2 is 2.05 bits per heavy atom. The van der Waals surface area contributed by atoms with Gasteiger partial charge in [-0.05, 0) is 44.0 Å². The van der Waals surface area contributed by atoms with Crippen LogP contribution in [0.3, 0.4) is 0 Å². The maximum Gasteiger partial charge on any atom is 0.235 e. The number of thioether (sulfide) groups is 1. The number of nitrogens with two attached hydrogens (primary N) is 1. The monoisotopic (exact) mass is 322 g/mol. The number of ether oxygens (including phenoxy) is 1. The lowest BCUT2D eigenvalue weighted by Gasteiger charge is -2.32. The number of carbonyl (C=O) groups excluding carboxylic acids is 2. The standard InChI is InChI=1S/C16H22N2O3S/c1-11(22-14-7-5-13(21-2)6-8-14)16(20)18-9-3-4-12(10-18)15(17)19/h5-8,11-12H,3-4,9-10H2,1-2H3,(H2,17,19). The van der Waals surface area contributed by atoms with Gasteiger partial charge in [0.15, 0.2) is 0 Å². The molecule has 2 N–H and O–H groups in total. The van der Waals surface area contributed by atoms with Crippen LogP contribution in [0.2, 0.25) is 0 Å². The van der Waals surface area contributed by atoms with Gasteiger partial charge in [0.1, 0.15) is 5.75 Å². The molecule has 2 atom stereocenters. The predicted molar refractivity (Wildman–Crippen MR) is 86.8 cm³/mol. The van der Waals surface area contributed by atoms with Gasteiger partial charge in [-0.2, -0.15) is 0 Å². The fourth-order valence-electron chi connectivity index (χ4n) is 2.58. The molecule has 1 aromatic rings. The van der Waals surface area contributed by atoms with Gasteiger partial charge >= 0.3 is 0 Å². The van der Waals surface area contributed by atoms with E-state index in [2.05, 4.69) is 0 Å². The van der Waals surface area contributed by atoms with Gasteiger partial charge in [-0.15, -0.1) is 11.8 Å². The zero-order valence-corrected chi connectivity index (χ0v) is 13.8. The Morgan fingerprint density at radius 3 is 2.64 bits per heavy atom. The third kappa shape index (κ3) is 4.16. The number of likely N-dealkylation sites (tertiary alicyclic amines) is 1. The summed E-state index contributed by atoms with van der Waals surface area (Å²) in [7, 11) is 1.62. The second-order valence-corrected chi connectivity index (χ2v) is 6.88. The summed E-state index contributed by atoms with van der Waals surface area (Å²) >= 11 is 1.51. The molecule has 5 nitrogen and oxygen atoms in total. The first-order valence-corrected chi connectivity index (χ1v) is 8.28. The number of hydrogen-bond acceptors (Lipinski definition) is 4. The maximum atomic E-state index is 12.5. The molecule has 0 radical (unpaired) electrons. The Balaban J connectivity index is 1.94. The van der Waals surface area contributed by atoms with Crippen LogP contribution in [0.15, 0.2) is 29.2 Å². The van der Waals surface area contributed by atoms with Crippen LogP contribution >= 0.6 is 11.8 Å². The summed E-state index contributed by atoms with van der Waals surface area (Å²) in [6, 6.07) is 7.64. The van der Waals surface area contributed by atoms with Crippen molar-refractivity contribution in [2.45, 2.75) is 29.9 Å². The van der Waals surface area contributed by atoms with Crippen molar-refractivity contribution >= 4 is 23.6 Å². The van der Waals surface area contributed by atoms with Crippen LogP contribution in [-0.2, 0) is 9.59 Å². The molecule has 22 heavy (non-hydrogen) atoms. The average Bonchev–Trinajstić information content (AvgIpc) is 2.54. The van der Waals surface area contributed by atoms with E-state index < -0.39 is 0 Å². The van der Waals surface area contributed by atoms with Gasteiger partial charge in [-0.3, -0.25) is 9.59 Å². The van der Waals surface area contributed by atoms with E-state index in [1.54, 1.807) is 12.0 Å². The van der Waals surface area contributed by atoms with Crippen molar-refractivity contribution in [3.8, 4) is 5.75 Å². The van der Waals surface area contributed by atoms with E-state index in [0.29, 0.717) is 13.1 Å². The van der Waals surface area contributed by atoms with Gasteiger partial charge in [0.25, 0.3) is 0 Å². The molecule has 2 rings (SSSR count). The highest BCUT2D eigenvalue weighted by Crippen LogP contribution is 2.27. The minimum Gasteiger partial charge on any atom is -0.497 e. The highest BCUT2D eigenvalue weighted by atomic mass is 32.2. The third-order valence-corrected chi connectivity index (χ3v) is 4.96. The molecule has 6 heteroatoms. The number of piperidine rings is 1. The number of primary amides is 1. The number of hydrogen-bond donors (Lipinski definition) is 1. The normalized spacial score (nSPS) is 19.5. The summed E-state index contributed by atoms with van der Waals surface area (Å²) in [6.07, 6.45) is 1.61. The van der Waals surface area contributed by atoms with Crippen LogP contribution in [0.1, 0.15) is 19.8 Å². The largest absolute Gasteiger partial charge is 0.497 e. The van der Waals surface area contributed by atoms with Gasteiger partial charge in [0, 0.05) is 18.0 Å². The topological polar surface area (TPSA) is 72.6 Å². The highest BCUT2D eigenvalue weighted by molar-refractivity contribution is 8.00. The molecule has 2 amide bonds. The summed E-state index contributed by atoms with van der Waals surface area (Å²) < 4.78 is 5.12. The first-order valence-electron chi connectivity index (χ1n) is 7.40. The predicted octanol–water partition coefficient (Wildman–Crippen LogP) is 1.90. The van der Waals surface area contributed by atoms with E-state index >= 15 is 0 Å². The number of benzene rings is 1. The molecule has 0 bridgehead atoms. The average molecular weight is 322 g/mol. The maximum absolute atomic E-state index is 12.5. The van der Waals surface area contributed by atoms with Crippen molar-refractivity contribution in [2.24, 2.45) is 11.7 Å². The molecule has 0 saturated carbocycles. The summed E-state index contributed by atoms with van der Waals surface area (Å²) in [5, 5.41) is -0.194. The fourth-order valence-corrected chi connectivity index (χ4v) is 3.53. The van der Waals surface area contributed by atoms with Crippen LogP contribution in [-0.4, -0.2) is 42.2 Å². The van der Waals surface area contributed by atoms with Gasteiger partial charge in [-0.25, -0.2) is 0 Å². The number of methoxy groups -OCH3 is 1. The first-order chi connectivity index (χ1) is 10.5. The Hall–Kier alpha value is -1.69. The lowest BCUT2D eigenvalue weighted by molar-refractivity contribution is -0.134. The van der Waals surface area contributed by atoms with Crippen molar-refractivity contribution in [1.82, 2.24) is 4.90 Å². The van der Waals surface area contributed by atoms with Crippen molar-refractivity contribution in [3.63, 3.8) is 0 Å². The summed E-state index contributed by atoms with van der Waals surface area (Å²) in [4.78, 5) is 26.6. The Kier molecular flexibility index (Phi) is 5.71. The summed E-state index contributed by atoms with van der Waals surface area (Å²) in [6.45, 7) is 3.04. The molecule has 0 aromatic heterocycles. The Bertz CT molecular complexity index is 533. The summed E-state index contributed by atoms with van der Waals surface area (Å²) in [5.74, 6) is 0.333. The lowest BCUT2D eigenvalue weighted by Crippen LogP contribution is -2.46. The van der Waals surface area contributed by atoms with E-state index in [-0.39, 0.29) is 23.0 Å². The third-order valence-electron chi connectivity index (χ3n) is 3.86. The molecule has 1 aromatic carbocycles. The molecule has 1 saturated heterocycles. The van der Waals surface area contributed by atoms with Gasteiger partial charge in [-0.1, -0.05) is 0 Å². The van der Waals surface area contributed by atoms with Crippen molar-refractivity contribution in [2.75, 3.05) is 20.2 Å². The van der Waals surface area contributed by atoms with Gasteiger partial charge in [0.2, 0.25) is 11.8 Å². The van der Waals surface area contributed by atoms with Crippen LogP contribution in [0, 0.1) is 5.92 Å². The van der Waals surface area contributed by atoms with Crippen LogP contribution in [0.4, 0.5) is 0 Å². The zero-order chi connectivity index (χ0) is 16.1. The smallest absolute Gasteiger partial charge is 0.235 e. The van der Waals surface area contributed by atoms with E-state index in [0.717, 1.165) is 23.5 Å². The van der Waals surface area contributed by atoms with E-state index in [9.17, 15) is 9.59 Å². The highest BCUT2D eigenvalue weighted by Gasteiger charge is 2.29. The molecule has 1 aliphatic heterocycles. The van der Waals surface area contributed by atoms with Crippen LogP contribution < -0.4 is 10.5 Å². The minimum absolute atomic E-state index is 0.0618. The van der Waals surface area contributed by atoms with E-state index in [1.807, 2.05) is 31.2 Å². The Labute approximate surface area is 135 Å². The second-order valence-electron chi connectivity index (χ2n) is 5.46. The molecule has 1 fully saturated rings. The van der Waals surface area contributed by atoms with Crippen molar-refractivity contribution < 1.29 is 14.3 Å². The van der Waals surface area contributed by atoms with Crippen molar-refractivity contribution in [3.05, 3.63) is 24.3 Å². The number of carbonyl (C=O) groups is 2. The molecule has 0 aliphatic carbocycles. The van der Waals surface area contributed by atoms with E-state index in [1.165, 1.54) is 11.8 Å².